The molecule has 0 aliphatic heterocycles. The van der Waals surface area contributed by atoms with E-state index in [-0.39, 0.29) is 12.2 Å². The Morgan fingerprint density at radius 2 is 1.65 bits per heavy atom. The van der Waals surface area contributed by atoms with Gasteiger partial charge in [-0.25, -0.2) is 4.39 Å². The lowest BCUT2D eigenvalue weighted by Crippen LogP contribution is -2.15. The van der Waals surface area contributed by atoms with Crippen LogP contribution in [0.5, 0.6) is 0 Å². The number of anilines is 1. The van der Waals surface area contributed by atoms with Gasteiger partial charge in [0.2, 0.25) is 0 Å². The van der Waals surface area contributed by atoms with Gasteiger partial charge in [-0.2, -0.15) is 0 Å². The summed E-state index contributed by atoms with van der Waals surface area (Å²) in [6.07, 6.45) is -0.0970. The molecule has 0 aliphatic rings. The summed E-state index contributed by atoms with van der Waals surface area (Å²) in [6, 6.07) is 22.1. The number of carboxylic acids is 1. The molecule has 0 amide bonds. The third-order valence-electron chi connectivity index (χ3n) is 4.31. The molecule has 0 saturated heterocycles. The van der Waals surface area contributed by atoms with Crippen molar-refractivity contribution < 1.29 is 14.3 Å². The van der Waals surface area contributed by atoms with Gasteiger partial charge in [0.1, 0.15) is 5.82 Å². The minimum Gasteiger partial charge on any atom is -0.481 e. The molecule has 0 aliphatic carbocycles. The van der Waals surface area contributed by atoms with Gasteiger partial charge in [-0.15, -0.1) is 0 Å². The zero-order valence-electron chi connectivity index (χ0n) is 14.4. The lowest BCUT2D eigenvalue weighted by atomic mass is 9.99. The van der Waals surface area contributed by atoms with Gasteiger partial charge in [0.25, 0.3) is 0 Å². The molecular formula is C22H20FNO2. The number of hydrogen-bond acceptors (Lipinski definition) is 2. The Labute approximate surface area is 152 Å². The van der Waals surface area contributed by atoms with E-state index >= 15 is 0 Å². The second-order valence-corrected chi connectivity index (χ2v) is 6.25. The molecule has 0 radical (unpaired) electrons. The van der Waals surface area contributed by atoms with Crippen LogP contribution in [0.1, 0.15) is 23.6 Å². The molecule has 0 aromatic heterocycles. The SMILES string of the molecule is Cc1ccc(NC(CC(=O)O)c2ccc(-c3ccccc3)cc2)cc1F. The van der Waals surface area contributed by atoms with E-state index in [1.165, 1.54) is 6.07 Å². The molecule has 132 valence electrons. The molecule has 0 heterocycles. The first kappa shape index (κ1) is 17.7. The Bertz CT molecular complexity index is 892. The van der Waals surface area contributed by atoms with Crippen LogP contribution in [-0.2, 0) is 4.79 Å². The standard InChI is InChI=1S/C22H20FNO2/c1-15-7-12-19(13-20(15)23)24-21(14-22(25)26)18-10-8-17(9-11-18)16-5-3-2-4-6-16/h2-13,21,24H,14H2,1H3,(H,25,26). The maximum absolute atomic E-state index is 13.8. The van der Waals surface area contributed by atoms with Crippen molar-refractivity contribution in [2.45, 2.75) is 19.4 Å². The van der Waals surface area contributed by atoms with Crippen molar-refractivity contribution in [3.05, 3.63) is 89.7 Å². The lowest BCUT2D eigenvalue weighted by Gasteiger charge is -2.19. The van der Waals surface area contributed by atoms with E-state index < -0.39 is 12.0 Å². The van der Waals surface area contributed by atoms with Gasteiger partial charge in [0, 0.05) is 5.69 Å². The average molecular weight is 349 g/mol. The Balaban J connectivity index is 1.85. The monoisotopic (exact) mass is 349 g/mol. The van der Waals surface area contributed by atoms with Crippen LogP contribution in [0.15, 0.2) is 72.8 Å². The molecule has 3 nitrogen and oxygen atoms in total. The predicted octanol–water partition coefficient (Wildman–Crippen LogP) is 5.43. The molecule has 3 aromatic rings. The van der Waals surface area contributed by atoms with Crippen molar-refractivity contribution in [3.63, 3.8) is 0 Å². The van der Waals surface area contributed by atoms with Crippen LogP contribution in [0.4, 0.5) is 10.1 Å². The predicted molar refractivity (Wildman–Crippen MR) is 102 cm³/mol. The van der Waals surface area contributed by atoms with Gasteiger partial charge >= 0.3 is 5.97 Å². The van der Waals surface area contributed by atoms with Crippen molar-refractivity contribution >= 4 is 11.7 Å². The topological polar surface area (TPSA) is 49.3 Å². The molecule has 0 saturated carbocycles. The Kier molecular flexibility index (Phi) is 5.32. The van der Waals surface area contributed by atoms with Crippen molar-refractivity contribution in [1.82, 2.24) is 0 Å². The minimum atomic E-state index is -0.915. The van der Waals surface area contributed by atoms with Crippen LogP contribution >= 0.6 is 0 Å². The number of carboxylic acid groups (broad SMARTS) is 1. The number of rotatable bonds is 6. The van der Waals surface area contributed by atoms with E-state index in [0.717, 1.165) is 16.7 Å². The number of nitrogens with one attached hydrogen (secondary N) is 1. The largest absolute Gasteiger partial charge is 0.481 e. The van der Waals surface area contributed by atoms with E-state index in [0.29, 0.717) is 11.3 Å². The third-order valence-corrected chi connectivity index (χ3v) is 4.31. The van der Waals surface area contributed by atoms with Crippen molar-refractivity contribution in [1.29, 1.82) is 0 Å². The van der Waals surface area contributed by atoms with E-state index in [1.807, 2.05) is 54.6 Å². The van der Waals surface area contributed by atoms with Gasteiger partial charge in [-0.05, 0) is 41.3 Å². The fraction of sp³-hybridized carbons (Fsp3) is 0.136. The second kappa shape index (κ2) is 7.83. The molecule has 0 bridgehead atoms. The summed E-state index contributed by atoms with van der Waals surface area (Å²) in [5, 5.41) is 12.4. The first-order valence-corrected chi connectivity index (χ1v) is 8.43. The Morgan fingerprint density at radius 1 is 1.00 bits per heavy atom. The van der Waals surface area contributed by atoms with E-state index in [1.54, 1.807) is 19.1 Å². The van der Waals surface area contributed by atoms with Crippen molar-refractivity contribution in [2.24, 2.45) is 0 Å². The zero-order chi connectivity index (χ0) is 18.5. The van der Waals surface area contributed by atoms with Gasteiger partial charge in [0.05, 0.1) is 12.5 Å². The fourth-order valence-electron chi connectivity index (χ4n) is 2.85. The molecular weight excluding hydrogens is 329 g/mol. The molecule has 1 atom stereocenters. The van der Waals surface area contributed by atoms with Crippen LogP contribution < -0.4 is 5.32 Å². The van der Waals surface area contributed by atoms with Crippen molar-refractivity contribution in [2.75, 3.05) is 5.32 Å². The summed E-state index contributed by atoms with van der Waals surface area (Å²) in [5.74, 6) is -1.23. The molecule has 3 aromatic carbocycles. The number of aryl methyl sites for hydroxylation is 1. The fourth-order valence-corrected chi connectivity index (χ4v) is 2.85. The molecule has 1 unspecified atom stereocenters. The number of halogens is 1. The first-order chi connectivity index (χ1) is 12.5. The van der Waals surface area contributed by atoms with Crippen LogP contribution in [0.2, 0.25) is 0 Å². The molecule has 0 spiro atoms. The van der Waals surface area contributed by atoms with Gasteiger partial charge in [-0.1, -0.05) is 60.7 Å². The van der Waals surface area contributed by atoms with E-state index in [9.17, 15) is 14.3 Å². The zero-order valence-corrected chi connectivity index (χ0v) is 14.4. The average Bonchev–Trinajstić information content (AvgIpc) is 2.65. The second-order valence-electron chi connectivity index (χ2n) is 6.25. The minimum absolute atomic E-state index is 0.0970. The van der Waals surface area contributed by atoms with E-state index in [2.05, 4.69) is 5.32 Å². The highest BCUT2D eigenvalue weighted by Gasteiger charge is 2.16. The third kappa shape index (κ3) is 4.28. The molecule has 0 fully saturated rings. The first-order valence-electron chi connectivity index (χ1n) is 8.43. The van der Waals surface area contributed by atoms with Crippen LogP contribution in [0, 0.1) is 12.7 Å². The number of hydrogen-bond donors (Lipinski definition) is 2. The quantitative estimate of drug-likeness (QED) is 0.624. The van der Waals surface area contributed by atoms with Crippen molar-refractivity contribution in [3.8, 4) is 11.1 Å². The molecule has 4 heteroatoms. The summed E-state index contributed by atoms with van der Waals surface area (Å²) < 4.78 is 13.8. The lowest BCUT2D eigenvalue weighted by molar-refractivity contribution is -0.137. The summed E-state index contributed by atoms with van der Waals surface area (Å²) in [7, 11) is 0. The van der Waals surface area contributed by atoms with E-state index in [4.69, 9.17) is 0 Å². The Morgan fingerprint density at radius 3 is 2.27 bits per heavy atom. The highest BCUT2D eigenvalue weighted by molar-refractivity contribution is 5.69. The highest BCUT2D eigenvalue weighted by Crippen LogP contribution is 2.27. The highest BCUT2D eigenvalue weighted by atomic mass is 19.1. The van der Waals surface area contributed by atoms with Gasteiger partial charge < -0.3 is 10.4 Å². The maximum atomic E-state index is 13.8. The summed E-state index contributed by atoms with van der Waals surface area (Å²) >= 11 is 0. The number of benzene rings is 3. The van der Waals surface area contributed by atoms with Gasteiger partial charge in [-0.3, -0.25) is 4.79 Å². The smallest absolute Gasteiger partial charge is 0.305 e. The molecule has 3 rings (SSSR count). The molecule has 2 N–H and O–H groups in total. The van der Waals surface area contributed by atoms with Gasteiger partial charge in [0.15, 0.2) is 0 Å². The van der Waals surface area contributed by atoms with Crippen LogP contribution in [-0.4, -0.2) is 11.1 Å². The van der Waals surface area contributed by atoms with Crippen LogP contribution in [0.25, 0.3) is 11.1 Å². The maximum Gasteiger partial charge on any atom is 0.305 e. The normalized spacial score (nSPS) is 11.8. The van der Waals surface area contributed by atoms with Crippen LogP contribution in [0.3, 0.4) is 0 Å². The summed E-state index contributed by atoms with van der Waals surface area (Å²) in [5.41, 5.74) is 4.12. The Hall–Kier alpha value is -3.14. The molecule has 26 heavy (non-hydrogen) atoms. The summed E-state index contributed by atoms with van der Waals surface area (Å²) in [4.78, 5) is 11.3. The summed E-state index contributed by atoms with van der Waals surface area (Å²) in [6.45, 7) is 1.69. The number of carbonyl (C=O) groups is 1. The number of aliphatic carboxylic acids is 1.